The fraction of sp³-hybridized carbons (Fsp3) is 0.286. The van der Waals surface area contributed by atoms with Crippen LogP contribution in [0.15, 0.2) is 41.3 Å². The zero-order chi connectivity index (χ0) is 19.4. The first-order valence-electron chi connectivity index (χ1n) is 8.99. The van der Waals surface area contributed by atoms with Crippen molar-refractivity contribution in [2.75, 3.05) is 6.54 Å². The van der Waals surface area contributed by atoms with Crippen LogP contribution in [-0.2, 0) is 16.0 Å². The van der Waals surface area contributed by atoms with Crippen LogP contribution in [0.3, 0.4) is 0 Å². The van der Waals surface area contributed by atoms with Crippen LogP contribution in [0.2, 0.25) is 0 Å². The third-order valence-electron chi connectivity index (χ3n) is 4.51. The molecule has 0 bridgehead atoms. The smallest absolute Gasteiger partial charge is 0.303 e. The fourth-order valence-electron chi connectivity index (χ4n) is 3.24. The number of thioether (sulfide) groups is 1. The molecule has 2 aromatic carbocycles. The summed E-state index contributed by atoms with van der Waals surface area (Å²) in [7, 11) is 0. The van der Waals surface area contributed by atoms with Crippen LogP contribution in [-0.4, -0.2) is 32.7 Å². The molecular weight excluding hydrogens is 378 g/mol. The lowest BCUT2D eigenvalue weighted by atomic mass is 9.95. The summed E-state index contributed by atoms with van der Waals surface area (Å²) in [5, 5.41) is 11.2. The molecule has 1 aliphatic heterocycles. The molecule has 140 valence electrons. The summed E-state index contributed by atoms with van der Waals surface area (Å²) in [5.41, 5.74) is 2.29. The van der Waals surface area contributed by atoms with Crippen LogP contribution in [0.4, 0.5) is 0 Å². The number of fused-ring (bicyclic) bond motifs is 1. The highest BCUT2D eigenvalue weighted by atomic mass is 32.2. The van der Waals surface area contributed by atoms with E-state index in [1.54, 1.807) is 0 Å². The first-order valence-corrected chi connectivity index (χ1v) is 10.2. The number of nitrogens with zero attached hydrogens (tertiary/aromatic N) is 1. The van der Waals surface area contributed by atoms with Gasteiger partial charge in [-0.1, -0.05) is 73.7 Å². The van der Waals surface area contributed by atoms with Gasteiger partial charge >= 0.3 is 5.97 Å². The summed E-state index contributed by atoms with van der Waals surface area (Å²) in [6.07, 6.45) is 4.30. The third kappa shape index (κ3) is 4.39. The summed E-state index contributed by atoms with van der Waals surface area (Å²) in [6, 6.07) is 12.4. The minimum atomic E-state index is -0.864. The summed E-state index contributed by atoms with van der Waals surface area (Å²) < 4.78 is 0.495. The molecule has 1 N–H and O–H groups in total. The van der Waals surface area contributed by atoms with Crippen molar-refractivity contribution in [3.8, 4) is 0 Å². The van der Waals surface area contributed by atoms with Gasteiger partial charge in [0.2, 0.25) is 0 Å². The number of carbonyl (C=O) groups excluding carboxylic acids is 1. The molecule has 1 amide bonds. The van der Waals surface area contributed by atoms with E-state index in [2.05, 4.69) is 31.2 Å². The van der Waals surface area contributed by atoms with Crippen LogP contribution in [0, 0.1) is 0 Å². The maximum atomic E-state index is 12.7. The molecule has 0 aromatic heterocycles. The van der Waals surface area contributed by atoms with Crippen LogP contribution in [0.5, 0.6) is 0 Å². The Hall–Kier alpha value is -2.18. The molecular formula is C21H21NO3S2. The van der Waals surface area contributed by atoms with Gasteiger partial charge in [-0.15, -0.1) is 0 Å². The molecule has 3 rings (SSSR count). The van der Waals surface area contributed by atoms with Crippen LogP contribution in [0.25, 0.3) is 16.8 Å². The van der Waals surface area contributed by atoms with Gasteiger partial charge in [0, 0.05) is 13.0 Å². The van der Waals surface area contributed by atoms with Crippen molar-refractivity contribution in [1.29, 1.82) is 0 Å². The van der Waals surface area contributed by atoms with E-state index in [4.69, 9.17) is 17.3 Å². The fourth-order valence-corrected chi connectivity index (χ4v) is 4.54. The highest BCUT2D eigenvalue weighted by molar-refractivity contribution is 8.26. The Kier molecular flexibility index (Phi) is 6.29. The van der Waals surface area contributed by atoms with Crippen LogP contribution >= 0.6 is 24.0 Å². The van der Waals surface area contributed by atoms with E-state index in [1.165, 1.54) is 33.0 Å². The summed E-state index contributed by atoms with van der Waals surface area (Å²) in [4.78, 5) is 25.5. The van der Waals surface area contributed by atoms with Crippen molar-refractivity contribution in [2.24, 2.45) is 0 Å². The van der Waals surface area contributed by atoms with E-state index in [0.717, 1.165) is 18.4 Å². The molecule has 0 atom stereocenters. The molecule has 0 aliphatic carbocycles. The highest BCUT2D eigenvalue weighted by Gasteiger charge is 2.31. The molecule has 4 nitrogen and oxygen atoms in total. The highest BCUT2D eigenvalue weighted by Crippen LogP contribution is 2.34. The van der Waals surface area contributed by atoms with Crippen molar-refractivity contribution >= 4 is 57.0 Å². The number of carboxylic acid groups (broad SMARTS) is 1. The normalized spacial score (nSPS) is 15.9. The number of rotatable bonds is 7. The largest absolute Gasteiger partial charge is 0.481 e. The van der Waals surface area contributed by atoms with Crippen molar-refractivity contribution in [3.63, 3.8) is 0 Å². The summed E-state index contributed by atoms with van der Waals surface area (Å²) >= 11 is 6.62. The lowest BCUT2D eigenvalue weighted by Gasteiger charge is -2.13. The number of hydrogen-bond acceptors (Lipinski definition) is 4. The third-order valence-corrected chi connectivity index (χ3v) is 5.89. The summed E-state index contributed by atoms with van der Waals surface area (Å²) in [6.45, 7) is 2.49. The minimum Gasteiger partial charge on any atom is -0.481 e. The van der Waals surface area contributed by atoms with Crippen LogP contribution < -0.4 is 0 Å². The predicted octanol–water partition coefficient (Wildman–Crippen LogP) is 4.86. The first-order chi connectivity index (χ1) is 13.0. The van der Waals surface area contributed by atoms with E-state index >= 15 is 0 Å². The van der Waals surface area contributed by atoms with Gasteiger partial charge in [-0.2, -0.15) is 0 Å². The molecule has 0 radical (unpaired) electrons. The molecule has 1 heterocycles. The molecule has 0 unspecified atom stereocenters. The molecule has 0 saturated carbocycles. The predicted molar refractivity (Wildman–Crippen MR) is 115 cm³/mol. The number of aliphatic carboxylic acids is 1. The van der Waals surface area contributed by atoms with E-state index in [0.29, 0.717) is 22.2 Å². The maximum Gasteiger partial charge on any atom is 0.303 e. The van der Waals surface area contributed by atoms with Gasteiger partial charge in [0.1, 0.15) is 4.32 Å². The van der Waals surface area contributed by atoms with E-state index < -0.39 is 5.97 Å². The van der Waals surface area contributed by atoms with Gasteiger partial charge in [0.15, 0.2) is 0 Å². The lowest BCUT2D eigenvalue weighted by Crippen LogP contribution is -2.29. The Morgan fingerprint density at radius 2 is 2.04 bits per heavy atom. The molecule has 2 aromatic rings. The molecule has 6 heteroatoms. The second-order valence-corrected chi connectivity index (χ2v) is 8.11. The van der Waals surface area contributed by atoms with Gasteiger partial charge in [-0.25, -0.2) is 0 Å². The Labute approximate surface area is 168 Å². The summed E-state index contributed by atoms with van der Waals surface area (Å²) in [5.74, 6) is -0.998. The topological polar surface area (TPSA) is 57.6 Å². The average molecular weight is 400 g/mol. The monoisotopic (exact) mass is 399 g/mol. The van der Waals surface area contributed by atoms with Crippen molar-refractivity contribution in [3.05, 3.63) is 52.4 Å². The molecule has 1 saturated heterocycles. The lowest BCUT2D eigenvalue weighted by molar-refractivity contribution is -0.137. The Bertz CT molecular complexity index is 936. The van der Waals surface area contributed by atoms with Gasteiger partial charge < -0.3 is 5.11 Å². The van der Waals surface area contributed by atoms with E-state index in [-0.39, 0.29) is 12.3 Å². The van der Waals surface area contributed by atoms with Gasteiger partial charge in [0.25, 0.3) is 5.91 Å². The zero-order valence-electron chi connectivity index (χ0n) is 15.1. The van der Waals surface area contributed by atoms with Crippen LogP contribution in [0.1, 0.15) is 37.3 Å². The van der Waals surface area contributed by atoms with Crippen molar-refractivity contribution < 1.29 is 14.7 Å². The number of aryl methyl sites for hydroxylation is 1. The van der Waals surface area contributed by atoms with Crippen molar-refractivity contribution in [2.45, 2.75) is 32.6 Å². The number of thiocarbonyl (C=S) groups is 1. The second kappa shape index (κ2) is 8.67. The Morgan fingerprint density at radius 1 is 1.26 bits per heavy atom. The SMILES string of the molecule is CCCc1c(C=C2SC(=S)N(CCCC(=O)O)C2=O)ccc2ccccc12. The quantitative estimate of drug-likeness (QED) is 0.532. The number of benzene rings is 2. The van der Waals surface area contributed by atoms with E-state index in [1.807, 2.05) is 18.2 Å². The van der Waals surface area contributed by atoms with Gasteiger partial charge in [-0.3, -0.25) is 14.5 Å². The van der Waals surface area contributed by atoms with Gasteiger partial charge in [0.05, 0.1) is 4.91 Å². The van der Waals surface area contributed by atoms with E-state index in [9.17, 15) is 9.59 Å². The number of carboxylic acids is 1. The van der Waals surface area contributed by atoms with Crippen molar-refractivity contribution in [1.82, 2.24) is 4.90 Å². The minimum absolute atomic E-state index is 0.0292. The average Bonchev–Trinajstić information content (AvgIpc) is 2.91. The standard InChI is InChI=1S/C21H21NO3S2/c1-2-6-16-15(11-10-14-7-3-4-8-17(14)16)13-18-20(25)22(21(26)27-18)12-5-9-19(23)24/h3-4,7-8,10-11,13H,2,5-6,9,12H2,1H3,(H,23,24). The first kappa shape index (κ1) is 19.6. The molecule has 1 fully saturated rings. The second-order valence-electron chi connectivity index (χ2n) is 6.44. The Morgan fingerprint density at radius 3 is 2.78 bits per heavy atom. The number of hydrogen-bond donors (Lipinski definition) is 1. The maximum absolute atomic E-state index is 12.7. The Balaban J connectivity index is 1.90. The molecule has 0 spiro atoms. The van der Waals surface area contributed by atoms with Gasteiger partial charge in [-0.05, 0) is 40.8 Å². The molecule has 27 heavy (non-hydrogen) atoms. The number of amides is 1. The molecule has 1 aliphatic rings. The number of carbonyl (C=O) groups is 2. The zero-order valence-corrected chi connectivity index (χ0v) is 16.7.